The Balaban J connectivity index is 2.29. The molecule has 0 spiro atoms. The van der Waals surface area contributed by atoms with Gasteiger partial charge in [-0.3, -0.25) is 0 Å². The van der Waals surface area contributed by atoms with Crippen molar-refractivity contribution in [2.24, 2.45) is 4.99 Å². The summed E-state index contributed by atoms with van der Waals surface area (Å²) in [6.45, 7) is 3.16. The topological polar surface area (TPSA) is 28.5 Å². The number of pyridine rings is 1. The number of aliphatic imine (C=N–C) groups is 1. The molecule has 0 atom stereocenters. The Morgan fingerprint density at radius 1 is 1.50 bits per heavy atom. The lowest BCUT2D eigenvalue weighted by Crippen LogP contribution is -2.18. The first-order valence-electron chi connectivity index (χ1n) is 4.97. The van der Waals surface area contributed by atoms with E-state index in [-0.39, 0.29) is 0 Å². The van der Waals surface area contributed by atoms with E-state index in [2.05, 4.69) is 21.9 Å². The van der Waals surface area contributed by atoms with Crippen LogP contribution in [0.5, 0.6) is 0 Å². The fourth-order valence-electron chi connectivity index (χ4n) is 1.65. The molecule has 14 heavy (non-hydrogen) atoms. The molecule has 3 nitrogen and oxygen atoms in total. The Kier molecular flexibility index (Phi) is 2.48. The summed E-state index contributed by atoms with van der Waals surface area (Å²) >= 11 is 0. The van der Waals surface area contributed by atoms with Crippen LogP contribution in [0.2, 0.25) is 0 Å². The smallest absolute Gasteiger partial charge is 0.156 e. The number of aromatic nitrogens is 1. The molecule has 1 aromatic heterocycles. The summed E-state index contributed by atoms with van der Waals surface area (Å²) in [6, 6.07) is 3.98. The van der Waals surface area contributed by atoms with Gasteiger partial charge < -0.3 is 4.90 Å². The largest absolute Gasteiger partial charge is 0.363 e. The fraction of sp³-hybridized carbons (Fsp3) is 0.455. The number of nitrogens with zero attached hydrogens (tertiary/aromatic N) is 3. The molecule has 1 saturated heterocycles. The third-order valence-corrected chi connectivity index (χ3v) is 2.55. The van der Waals surface area contributed by atoms with Crippen molar-refractivity contribution in [2.45, 2.75) is 19.8 Å². The van der Waals surface area contributed by atoms with Gasteiger partial charge in [-0.2, -0.15) is 0 Å². The normalized spacial score (nSPS) is 19.3. The molecule has 0 bridgehead atoms. The Morgan fingerprint density at radius 2 is 2.36 bits per heavy atom. The van der Waals surface area contributed by atoms with E-state index in [0.29, 0.717) is 0 Å². The van der Waals surface area contributed by atoms with Crippen LogP contribution in [-0.2, 0) is 0 Å². The van der Waals surface area contributed by atoms with Gasteiger partial charge in [-0.25, -0.2) is 9.98 Å². The monoisotopic (exact) mass is 189 g/mol. The molecule has 1 fully saturated rings. The molecule has 0 saturated carbocycles. The molecule has 0 amide bonds. The number of hydrogen-bond acceptors (Lipinski definition) is 2. The van der Waals surface area contributed by atoms with Crippen LogP contribution in [0.4, 0.5) is 5.82 Å². The summed E-state index contributed by atoms with van der Waals surface area (Å²) in [6.07, 6.45) is 4.08. The highest BCUT2D eigenvalue weighted by Gasteiger charge is 2.14. The molecule has 3 heteroatoms. The van der Waals surface area contributed by atoms with Crippen molar-refractivity contribution in [3.05, 3.63) is 23.9 Å². The summed E-state index contributed by atoms with van der Waals surface area (Å²) in [4.78, 5) is 11.0. The quantitative estimate of drug-likeness (QED) is 0.677. The zero-order valence-corrected chi connectivity index (χ0v) is 8.70. The highest BCUT2D eigenvalue weighted by molar-refractivity contribution is 5.86. The standard InChI is InChI=1S/C11H15N3/c1-9-5-3-7-12-11(9)13-10-6-4-8-14(10)2/h3,5,7H,4,6,8H2,1-2H3/b13-10+. The first kappa shape index (κ1) is 9.19. The van der Waals surface area contributed by atoms with E-state index >= 15 is 0 Å². The Labute approximate surface area is 84.5 Å². The molecule has 0 N–H and O–H groups in total. The highest BCUT2D eigenvalue weighted by Crippen LogP contribution is 2.18. The molecule has 0 radical (unpaired) electrons. The molecule has 0 unspecified atom stereocenters. The van der Waals surface area contributed by atoms with Gasteiger partial charge in [0.1, 0.15) is 5.84 Å². The zero-order chi connectivity index (χ0) is 9.97. The third kappa shape index (κ3) is 1.76. The summed E-state index contributed by atoms with van der Waals surface area (Å²) < 4.78 is 0. The Bertz CT molecular complexity index is 357. The molecule has 2 heterocycles. The van der Waals surface area contributed by atoms with Gasteiger partial charge in [0.2, 0.25) is 0 Å². The lowest BCUT2D eigenvalue weighted by atomic mass is 10.3. The summed E-state index contributed by atoms with van der Waals surface area (Å²) in [5.41, 5.74) is 1.14. The lowest BCUT2D eigenvalue weighted by Gasteiger charge is -2.10. The second kappa shape index (κ2) is 3.78. The van der Waals surface area contributed by atoms with Crippen LogP contribution in [0.1, 0.15) is 18.4 Å². The van der Waals surface area contributed by atoms with Gasteiger partial charge in [-0.05, 0) is 25.0 Å². The van der Waals surface area contributed by atoms with Gasteiger partial charge in [-0.15, -0.1) is 0 Å². The van der Waals surface area contributed by atoms with Crippen LogP contribution in [0.15, 0.2) is 23.3 Å². The minimum absolute atomic E-state index is 0.858. The van der Waals surface area contributed by atoms with E-state index in [1.54, 1.807) is 6.20 Å². The van der Waals surface area contributed by atoms with E-state index in [4.69, 9.17) is 0 Å². The minimum Gasteiger partial charge on any atom is -0.363 e. The number of amidine groups is 1. The number of aryl methyl sites for hydroxylation is 1. The van der Waals surface area contributed by atoms with Crippen molar-refractivity contribution < 1.29 is 0 Å². The van der Waals surface area contributed by atoms with Gasteiger partial charge in [-0.1, -0.05) is 6.07 Å². The number of rotatable bonds is 1. The molecule has 74 valence electrons. The van der Waals surface area contributed by atoms with E-state index < -0.39 is 0 Å². The average Bonchev–Trinajstić information content (AvgIpc) is 2.56. The van der Waals surface area contributed by atoms with E-state index in [1.165, 1.54) is 6.42 Å². The third-order valence-electron chi connectivity index (χ3n) is 2.55. The van der Waals surface area contributed by atoms with E-state index in [1.807, 2.05) is 19.1 Å². The van der Waals surface area contributed by atoms with Crippen LogP contribution in [0, 0.1) is 6.92 Å². The maximum absolute atomic E-state index is 4.57. The average molecular weight is 189 g/mol. The van der Waals surface area contributed by atoms with Gasteiger partial charge in [0, 0.05) is 26.2 Å². The molecule has 1 aromatic rings. The van der Waals surface area contributed by atoms with Crippen LogP contribution in [0.25, 0.3) is 0 Å². The van der Waals surface area contributed by atoms with Crippen molar-refractivity contribution in [2.75, 3.05) is 13.6 Å². The van der Waals surface area contributed by atoms with Gasteiger partial charge in [0.25, 0.3) is 0 Å². The second-order valence-electron chi connectivity index (χ2n) is 3.70. The van der Waals surface area contributed by atoms with Gasteiger partial charge >= 0.3 is 0 Å². The van der Waals surface area contributed by atoms with E-state index in [9.17, 15) is 0 Å². The lowest BCUT2D eigenvalue weighted by molar-refractivity contribution is 0.550. The van der Waals surface area contributed by atoms with Crippen molar-refractivity contribution in [1.82, 2.24) is 9.88 Å². The molecule has 1 aliphatic heterocycles. The summed E-state index contributed by atoms with van der Waals surface area (Å²) in [5.74, 6) is 2.02. The summed E-state index contributed by atoms with van der Waals surface area (Å²) in [7, 11) is 2.09. The van der Waals surface area contributed by atoms with Crippen molar-refractivity contribution in [3.63, 3.8) is 0 Å². The van der Waals surface area contributed by atoms with Gasteiger partial charge in [0.15, 0.2) is 5.82 Å². The zero-order valence-electron chi connectivity index (χ0n) is 8.70. The summed E-state index contributed by atoms with van der Waals surface area (Å²) in [5, 5.41) is 0. The predicted molar refractivity (Wildman–Crippen MR) is 57.9 cm³/mol. The van der Waals surface area contributed by atoms with Crippen molar-refractivity contribution in [1.29, 1.82) is 0 Å². The number of likely N-dealkylation sites (tertiary alicyclic amines) is 1. The Hall–Kier alpha value is -1.38. The molecule has 1 aliphatic rings. The van der Waals surface area contributed by atoms with Crippen molar-refractivity contribution in [3.8, 4) is 0 Å². The van der Waals surface area contributed by atoms with Crippen LogP contribution < -0.4 is 0 Å². The SMILES string of the molecule is Cc1cccnc1/N=C1\CCCN1C. The molecule has 0 aromatic carbocycles. The second-order valence-corrected chi connectivity index (χ2v) is 3.70. The van der Waals surface area contributed by atoms with Gasteiger partial charge in [0.05, 0.1) is 0 Å². The molecular weight excluding hydrogens is 174 g/mol. The van der Waals surface area contributed by atoms with Crippen LogP contribution in [-0.4, -0.2) is 29.3 Å². The van der Waals surface area contributed by atoms with Crippen LogP contribution in [0.3, 0.4) is 0 Å². The first-order valence-corrected chi connectivity index (χ1v) is 4.97. The first-order chi connectivity index (χ1) is 6.77. The number of hydrogen-bond donors (Lipinski definition) is 0. The molecule has 0 aliphatic carbocycles. The predicted octanol–water partition coefficient (Wildman–Crippen LogP) is 2.15. The maximum Gasteiger partial charge on any atom is 0.156 e. The highest BCUT2D eigenvalue weighted by atomic mass is 15.2. The minimum atomic E-state index is 0.858. The van der Waals surface area contributed by atoms with Crippen molar-refractivity contribution >= 4 is 11.7 Å². The Morgan fingerprint density at radius 3 is 3.00 bits per heavy atom. The molecule has 2 rings (SSSR count). The van der Waals surface area contributed by atoms with Crippen LogP contribution >= 0.6 is 0 Å². The maximum atomic E-state index is 4.57. The molecular formula is C11H15N3. The fourth-order valence-corrected chi connectivity index (χ4v) is 1.65. The van der Waals surface area contributed by atoms with E-state index in [0.717, 1.165) is 30.2 Å².